The lowest BCUT2D eigenvalue weighted by atomic mass is 10.2. The van der Waals surface area contributed by atoms with Crippen LogP contribution < -0.4 is 10.3 Å². The predicted molar refractivity (Wildman–Crippen MR) is 151 cm³/mol. The van der Waals surface area contributed by atoms with Gasteiger partial charge >= 0.3 is 0 Å². The van der Waals surface area contributed by atoms with Crippen LogP contribution in [-0.2, 0) is 0 Å². The van der Waals surface area contributed by atoms with Crippen molar-refractivity contribution in [3.8, 4) is 17.3 Å². The summed E-state index contributed by atoms with van der Waals surface area (Å²) in [5, 5.41) is 5.93. The highest BCUT2D eigenvalue weighted by Gasteiger charge is 2.16. The minimum absolute atomic E-state index is 0.136. The van der Waals surface area contributed by atoms with Gasteiger partial charge in [0.25, 0.3) is 5.56 Å². The number of benzene rings is 3. The lowest BCUT2D eigenvalue weighted by Crippen LogP contribution is -2.20. The number of halogens is 2. The van der Waals surface area contributed by atoms with E-state index in [0.29, 0.717) is 28.1 Å². The fraction of sp³-hybridized carbons (Fsp3) is 0.148. The van der Waals surface area contributed by atoms with Crippen LogP contribution in [0.15, 0.2) is 85.5 Å². The van der Waals surface area contributed by atoms with Crippen molar-refractivity contribution in [2.75, 3.05) is 0 Å². The zero-order valence-corrected chi connectivity index (χ0v) is 22.8. The van der Waals surface area contributed by atoms with Gasteiger partial charge in [0.1, 0.15) is 11.3 Å². The minimum atomic E-state index is -0.269. The molecule has 2 aromatic heterocycles. The van der Waals surface area contributed by atoms with Crippen LogP contribution >= 0.6 is 38.5 Å². The normalized spacial score (nSPS) is 12.6. The summed E-state index contributed by atoms with van der Waals surface area (Å²) in [6, 6.07) is 20.7. The molecule has 6 nitrogen and oxygen atoms in total. The quantitative estimate of drug-likeness (QED) is 0.145. The summed E-state index contributed by atoms with van der Waals surface area (Å²) in [5.74, 6) is 1.63. The van der Waals surface area contributed by atoms with Crippen LogP contribution in [-0.4, -0.2) is 22.0 Å². The summed E-state index contributed by atoms with van der Waals surface area (Å²) >= 11 is 5.74. The Balaban J connectivity index is 1.61. The topological polar surface area (TPSA) is 69.6 Å². The van der Waals surface area contributed by atoms with Crippen molar-refractivity contribution >= 4 is 66.6 Å². The Morgan fingerprint density at radius 3 is 2.80 bits per heavy atom. The summed E-state index contributed by atoms with van der Waals surface area (Å²) in [4.78, 5) is 18.2. The third kappa shape index (κ3) is 4.90. The van der Waals surface area contributed by atoms with E-state index in [1.54, 1.807) is 12.3 Å². The van der Waals surface area contributed by atoms with Gasteiger partial charge in [0.2, 0.25) is 5.82 Å². The first-order valence-corrected chi connectivity index (χ1v) is 13.0. The van der Waals surface area contributed by atoms with Gasteiger partial charge in [-0.15, -0.1) is 0 Å². The zero-order valence-electron chi connectivity index (χ0n) is 19.0. The Morgan fingerprint density at radius 1 is 1.17 bits per heavy atom. The van der Waals surface area contributed by atoms with E-state index in [1.165, 1.54) is 4.68 Å². The number of fused-ring (bicyclic) bond motifs is 2. The lowest BCUT2D eigenvalue weighted by molar-refractivity contribution is 0.216. The van der Waals surface area contributed by atoms with E-state index in [4.69, 9.17) is 14.1 Å². The first-order chi connectivity index (χ1) is 16.9. The monoisotopic (exact) mass is 641 g/mol. The van der Waals surface area contributed by atoms with E-state index < -0.39 is 0 Å². The molecule has 35 heavy (non-hydrogen) atoms. The molecule has 1 atom stereocenters. The minimum Gasteiger partial charge on any atom is -0.490 e. The van der Waals surface area contributed by atoms with E-state index in [0.717, 1.165) is 31.2 Å². The first-order valence-electron chi connectivity index (χ1n) is 11.1. The molecular weight excluding hydrogens is 621 g/mol. The van der Waals surface area contributed by atoms with Crippen LogP contribution in [0, 0.1) is 3.57 Å². The number of rotatable bonds is 6. The van der Waals surface area contributed by atoms with Gasteiger partial charge < -0.3 is 9.15 Å². The Morgan fingerprint density at radius 2 is 2.00 bits per heavy atom. The molecule has 0 amide bonds. The molecule has 0 aliphatic carbocycles. The molecule has 0 aliphatic rings. The predicted octanol–water partition coefficient (Wildman–Crippen LogP) is 7.24. The maximum atomic E-state index is 13.4. The van der Waals surface area contributed by atoms with Crippen LogP contribution in [0.2, 0.25) is 0 Å². The fourth-order valence-corrected chi connectivity index (χ4v) is 4.68. The number of nitrogens with zero attached hydrogens (tertiary/aromatic N) is 3. The van der Waals surface area contributed by atoms with Gasteiger partial charge in [0, 0.05) is 9.86 Å². The SMILES string of the molecule is CC[C@H](C)Oc1ccc(C=Nn2c(-c3cc4cc(Br)ccc4o3)nc3ccccc3c2=O)cc1I. The van der Waals surface area contributed by atoms with Crippen molar-refractivity contribution in [1.29, 1.82) is 0 Å². The number of ether oxygens (including phenoxy) is 1. The number of hydrogen-bond acceptors (Lipinski definition) is 5. The van der Waals surface area contributed by atoms with E-state index in [2.05, 4.69) is 50.5 Å². The number of hydrogen-bond donors (Lipinski definition) is 0. The summed E-state index contributed by atoms with van der Waals surface area (Å²) in [5.41, 5.74) is 1.86. The molecule has 0 unspecified atom stereocenters. The first kappa shape index (κ1) is 23.7. The molecule has 0 aliphatic heterocycles. The number of aromatic nitrogens is 2. The molecular formula is C27H21BrIN3O3. The smallest absolute Gasteiger partial charge is 0.282 e. The maximum absolute atomic E-state index is 13.4. The second-order valence-electron chi connectivity index (χ2n) is 8.13. The molecule has 0 radical (unpaired) electrons. The fourth-order valence-electron chi connectivity index (χ4n) is 3.63. The highest BCUT2D eigenvalue weighted by atomic mass is 127. The van der Waals surface area contributed by atoms with Crippen molar-refractivity contribution in [2.45, 2.75) is 26.4 Å². The Bertz CT molecular complexity index is 1640. The highest BCUT2D eigenvalue weighted by molar-refractivity contribution is 14.1. The van der Waals surface area contributed by atoms with Crippen molar-refractivity contribution in [3.05, 3.63) is 90.7 Å². The van der Waals surface area contributed by atoms with Crippen molar-refractivity contribution < 1.29 is 9.15 Å². The third-order valence-electron chi connectivity index (χ3n) is 5.63. The second-order valence-corrected chi connectivity index (χ2v) is 10.2. The Labute approximate surface area is 223 Å². The van der Waals surface area contributed by atoms with Gasteiger partial charge in [0.15, 0.2) is 5.76 Å². The largest absolute Gasteiger partial charge is 0.490 e. The van der Waals surface area contributed by atoms with E-state index >= 15 is 0 Å². The molecule has 3 aromatic carbocycles. The number of furan rings is 1. The molecule has 0 fully saturated rings. The van der Waals surface area contributed by atoms with Gasteiger partial charge in [-0.25, -0.2) is 4.98 Å². The molecule has 0 saturated heterocycles. The molecule has 5 aromatic rings. The Kier molecular flexibility index (Phi) is 6.75. The van der Waals surface area contributed by atoms with Crippen LogP contribution in [0.1, 0.15) is 25.8 Å². The van der Waals surface area contributed by atoms with E-state index in [-0.39, 0.29) is 11.7 Å². The van der Waals surface area contributed by atoms with E-state index in [9.17, 15) is 4.79 Å². The van der Waals surface area contributed by atoms with Gasteiger partial charge in [-0.05, 0) is 96.1 Å². The molecule has 0 saturated carbocycles. The molecule has 0 N–H and O–H groups in total. The molecule has 2 heterocycles. The van der Waals surface area contributed by atoms with Crippen LogP contribution in [0.5, 0.6) is 5.75 Å². The highest BCUT2D eigenvalue weighted by Crippen LogP contribution is 2.29. The van der Waals surface area contributed by atoms with Crippen LogP contribution in [0.25, 0.3) is 33.5 Å². The van der Waals surface area contributed by atoms with Crippen LogP contribution in [0.3, 0.4) is 0 Å². The maximum Gasteiger partial charge on any atom is 0.282 e. The molecule has 8 heteroatoms. The molecule has 0 bridgehead atoms. The lowest BCUT2D eigenvalue weighted by Gasteiger charge is -2.14. The van der Waals surface area contributed by atoms with Gasteiger partial charge in [-0.1, -0.05) is 35.0 Å². The van der Waals surface area contributed by atoms with Crippen molar-refractivity contribution in [1.82, 2.24) is 9.66 Å². The second kappa shape index (κ2) is 9.94. The van der Waals surface area contributed by atoms with E-state index in [1.807, 2.05) is 67.6 Å². The molecule has 0 spiro atoms. The average Bonchev–Trinajstić information content (AvgIpc) is 3.28. The molecule has 176 valence electrons. The van der Waals surface area contributed by atoms with Gasteiger partial charge in [-0.3, -0.25) is 4.79 Å². The van der Waals surface area contributed by atoms with Gasteiger partial charge in [-0.2, -0.15) is 9.78 Å². The summed E-state index contributed by atoms with van der Waals surface area (Å²) < 4.78 is 15.2. The summed E-state index contributed by atoms with van der Waals surface area (Å²) in [6.45, 7) is 4.13. The zero-order chi connectivity index (χ0) is 24.5. The standard InChI is InChI=1S/C27H21BrIN3O3/c1-3-16(2)34-24-10-8-17(12-21(24)29)15-30-32-26(31-22-7-5-4-6-20(22)27(32)33)25-14-18-13-19(28)9-11-23(18)35-25/h4-16H,3H2,1-2H3/t16-/m0/s1. The van der Waals surface area contributed by atoms with Crippen molar-refractivity contribution in [2.24, 2.45) is 5.10 Å². The summed E-state index contributed by atoms with van der Waals surface area (Å²) in [7, 11) is 0. The number of para-hydroxylation sites is 1. The third-order valence-corrected chi connectivity index (χ3v) is 6.97. The molecule has 5 rings (SSSR count). The van der Waals surface area contributed by atoms with Crippen LogP contribution in [0.4, 0.5) is 0 Å². The van der Waals surface area contributed by atoms with Gasteiger partial charge in [0.05, 0.1) is 26.8 Å². The average molecular weight is 642 g/mol. The summed E-state index contributed by atoms with van der Waals surface area (Å²) in [6.07, 6.45) is 2.71. The van der Waals surface area contributed by atoms with Crippen molar-refractivity contribution in [3.63, 3.8) is 0 Å². The Hall–Kier alpha value is -2.98.